The minimum Gasteiger partial charge on any atom is -0.323 e. The van der Waals surface area contributed by atoms with Crippen LogP contribution >= 0.6 is 0 Å². The zero-order chi connectivity index (χ0) is 14.5. The Morgan fingerprint density at radius 3 is 1.90 bits per heavy atom. The van der Waals surface area contributed by atoms with Gasteiger partial charge in [0.2, 0.25) is 0 Å². The summed E-state index contributed by atoms with van der Waals surface area (Å²) in [6.45, 7) is 0. The first kappa shape index (κ1) is 13.1. The van der Waals surface area contributed by atoms with E-state index in [9.17, 15) is 0 Å². The predicted octanol–water partition coefficient (Wildman–Crippen LogP) is 4.06. The summed E-state index contributed by atoms with van der Waals surface area (Å²) in [6.07, 6.45) is 0. The second kappa shape index (κ2) is 6.06. The Labute approximate surface area is 124 Å². The number of benzene rings is 3. The fourth-order valence-corrected chi connectivity index (χ4v) is 2.45. The van der Waals surface area contributed by atoms with Crippen molar-refractivity contribution in [3.8, 4) is 11.1 Å². The highest BCUT2D eigenvalue weighted by Gasteiger charge is 2.12. The van der Waals surface area contributed by atoms with Crippen LogP contribution in [0.15, 0.2) is 90.0 Å². The molecule has 0 aliphatic carbocycles. The first-order valence-electron chi connectivity index (χ1n) is 6.88. The van der Waals surface area contributed by atoms with Crippen molar-refractivity contribution < 1.29 is 0 Å². The summed E-state index contributed by atoms with van der Waals surface area (Å²) in [6, 6.07) is 28.5. The topological polar surface area (TPSA) is 38.4 Å². The molecule has 0 aliphatic rings. The maximum Gasteiger partial charge on any atom is 0.0977 e. The summed E-state index contributed by atoms with van der Waals surface area (Å²) in [7, 11) is 0. The van der Waals surface area contributed by atoms with E-state index in [0.29, 0.717) is 0 Å². The Morgan fingerprint density at radius 2 is 1.24 bits per heavy atom. The molecule has 0 fully saturated rings. The lowest BCUT2D eigenvalue weighted by Crippen LogP contribution is -2.08. The average Bonchev–Trinajstić information content (AvgIpc) is 2.58. The van der Waals surface area contributed by atoms with Gasteiger partial charge in [-0.1, -0.05) is 84.9 Å². The van der Waals surface area contributed by atoms with Crippen LogP contribution < -0.4 is 5.84 Å². The van der Waals surface area contributed by atoms with Gasteiger partial charge in [0.25, 0.3) is 0 Å². The molecular weight excluding hydrogens is 256 g/mol. The molecule has 2 nitrogen and oxygen atoms in total. The van der Waals surface area contributed by atoms with Gasteiger partial charge in [-0.25, -0.2) is 0 Å². The Bertz CT molecular complexity index is 747. The second-order valence-corrected chi connectivity index (χ2v) is 4.76. The molecular formula is C19H16N2. The van der Waals surface area contributed by atoms with Gasteiger partial charge in [-0.05, 0) is 11.1 Å². The zero-order valence-corrected chi connectivity index (χ0v) is 11.6. The summed E-state index contributed by atoms with van der Waals surface area (Å²) in [4.78, 5) is 0. The lowest BCUT2D eigenvalue weighted by Gasteiger charge is -2.12. The van der Waals surface area contributed by atoms with Gasteiger partial charge >= 0.3 is 0 Å². The molecule has 2 N–H and O–H groups in total. The number of hydrogen-bond donors (Lipinski definition) is 1. The van der Waals surface area contributed by atoms with Crippen molar-refractivity contribution in [1.29, 1.82) is 0 Å². The molecule has 0 aliphatic heterocycles. The highest BCUT2D eigenvalue weighted by atomic mass is 15.1. The highest BCUT2D eigenvalue weighted by Crippen LogP contribution is 2.25. The molecule has 3 rings (SSSR count). The minimum atomic E-state index is 0.801. The fourth-order valence-electron chi connectivity index (χ4n) is 2.45. The molecule has 2 heteroatoms. The summed E-state index contributed by atoms with van der Waals surface area (Å²) < 4.78 is 0. The Kier molecular flexibility index (Phi) is 3.79. The zero-order valence-electron chi connectivity index (χ0n) is 11.6. The molecule has 0 radical (unpaired) electrons. The van der Waals surface area contributed by atoms with E-state index in [4.69, 9.17) is 5.84 Å². The number of rotatable bonds is 3. The number of hydrogen-bond acceptors (Lipinski definition) is 2. The van der Waals surface area contributed by atoms with Crippen LogP contribution in [-0.4, -0.2) is 5.71 Å². The molecule has 0 saturated carbocycles. The van der Waals surface area contributed by atoms with E-state index in [1.54, 1.807) is 0 Å². The molecule has 3 aromatic rings. The maximum absolute atomic E-state index is 5.67. The van der Waals surface area contributed by atoms with E-state index in [1.165, 1.54) is 0 Å². The van der Waals surface area contributed by atoms with E-state index in [1.807, 2.05) is 60.7 Å². The lowest BCUT2D eigenvalue weighted by molar-refractivity contribution is 1.24. The molecule has 0 atom stereocenters. The molecule has 0 saturated heterocycles. The third kappa shape index (κ3) is 2.70. The molecule has 0 bridgehead atoms. The van der Waals surface area contributed by atoms with Crippen LogP contribution in [0.25, 0.3) is 11.1 Å². The van der Waals surface area contributed by atoms with Crippen molar-refractivity contribution in [3.05, 3.63) is 96.1 Å². The van der Waals surface area contributed by atoms with Gasteiger partial charge in [0.15, 0.2) is 0 Å². The minimum absolute atomic E-state index is 0.801. The highest BCUT2D eigenvalue weighted by molar-refractivity contribution is 6.16. The normalized spacial score (nSPS) is 11.3. The standard InChI is InChI=1S/C19H16N2/c20-21-19(16-11-5-2-6-12-16)18-14-8-7-13-17(18)15-9-3-1-4-10-15/h1-14H,20H2. The summed E-state index contributed by atoms with van der Waals surface area (Å²) in [5, 5.41) is 4.03. The molecule has 0 amide bonds. The SMILES string of the molecule is NN=C(c1ccccc1)c1ccccc1-c1ccccc1. The first-order chi connectivity index (χ1) is 10.4. The Balaban J connectivity index is 2.15. The van der Waals surface area contributed by atoms with Crippen LogP contribution in [0.1, 0.15) is 11.1 Å². The molecule has 0 unspecified atom stereocenters. The molecule has 0 aromatic heterocycles. The second-order valence-electron chi connectivity index (χ2n) is 4.76. The van der Waals surface area contributed by atoms with Gasteiger partial charge in [0, 0.05) is 11.1 Å². The van der Waals surface area contributed by atoms with Crippen LogP contribution in [0.4, 0.5) is 0 Å². The van der Waals surface area contributed by atoms with Crippen LogP contribution in [0.5, 0.6) is 0 Å². The molecule has 3 aromatic carbocycles. The van der Waals surface area contributed by atoms with E-state index >= 15 is 0 Å². The van der Waals surface area contributed by atoms with Crippen molar-refractivity contribution >= 4 is 5.71 Å². The molecule has 0 heterocycles. The van der Waals surface area contributed by atoms with Gasteiger partial charge in [-0.2, -0.15) is 5.10 Å². The largest absolute Gasteiger partial charge is 0.323 e. The number of nitrogens with zero attached hydrogens (tertiary/aromatic N) is 1. The Hall–Kier alpha value is -2.87. The quantitative estimate of drug-likeness (QED) is 0.436. The summed E-state index contributed by atoms with van der Waals surface area (Å²) in [5.74, 6) is 5.67. The number of hydrazone groups is 1. The maximum atomic E-state index is 5.67. The van der Waals surface area contributed by atoms with Crippen molar-refractivity contribution in [3.63, 3.8) is 0 Å². The van der Waals surface area contributed by atoms with Gasteiger partial charge in [0.1, 0.15) is 0 Å². The van der Waals surface area contributed by atoms with Crippen molar-refractivity contribution in [2.75, 3.05) is 0 Å². The van der Waals surface area contributed by atoms with Crippen molar-refractivity contribution in [2.24, 2.45) is 10.9 Å². The van der Waals surface area contributed by atoms with Crippen LogP contribution in [-0.2, 0) is 0 Å². The average molecular weight is 272 g/mol. The van der Waals surface area contributed by atoms with Gasteiger partial charge in [0.05, 0.1) is 5.71 Å². The van der Waals surface area contributed by atoms with E-state index < -0.39 is 0 Å². The van der Waals surface area contributed by atoms with Crippen molar-refractivity contribution in [2.45, 2.75) is 0 Å². The first-order valence-corrected chi connectivity index (χ1v) is 6.88. The smallest absolute Gasteiger partial charge is 0.0977 e. The van der Waals surface area contributed by atoms with Gasteiger partial charge < -0.3 is 5.84 Å². The molecule has 21 heavy (non-hydrogen) atoms. The van der Waals surface area contributed by atoms with Gasteiger partial charge in [-0.15, -0.1) is 0 Å². The van der Waals surface area contributed by atoms with Crippen molar-refractivity contribution in [1.82, 2.24) is 0 Å². The van der Waals surface area contributed by atoms with E-state index in [-0.39, 0.29) is 0 Å². The third-order valence-corrected chi connectivity index (χ3v) is 3.44. The Morgan fingerprint density at radius 1 is 0.667 bits per heavy atom. The summed E-state index contributed by atoms with van der Waals surface area (Å²) >= 11 is 0. The van der Waals surface area contributed by atoms with Crippen LogP contribution in [0.3, 0.4) is 0 Å². The lowest BCUT2D eigenvalue weighted by atomic mass is 9.93. The van der Waals surface area contributed by atoms with Crippen LogP contribution in [0.2, 0.25) is 0 Å². The van der Waals surface area contributed by atoms with Crippen LogP contribution in [0, 0.1) is 0 Å². The monoisotopic (exact) mass is 272 g/mol. The molecule has 0 spiro atoms. The third-order valence-electron chi connectivity index (χ3n) is 3.44. The number of nitrogens with two attached hydrogens (primary N) is 1. The summed E-state index contributed by atoms with van der Waals surface area (Å²) in [5.41, 5.74) is 5.15. The predicted molar refractivity (Wildman–Crippen MR) is 88.1 cm³/mol. The van der Waals surface area contributed by atoms with E-state index in [2.05, 4.69) is 29.4 Å². The molecule has 102 valence electrons. The fraction of sp³-hybridized carbons (Fsp3) is 0. The van der Waals surface area contributed by atoms with E-state index in [0.717, 1.165) is 28.0 Å². The van der Waals surface area contributed by atoms with Gasteiger partial charge in [-0.3, -0.25) is 0 Å².